The minimum absolute atomic E-state index is 0. The maximum Gasteiger partial charge on any atom is 0.375 e. The van der Waals surface area contributed by atoms with Gasteiger partial charge in [-0.1, -0.05) is 79.9 Å². The Labute approximate surface area is 414 Å². The molecule has 0 saturated heterocycles. The average molecular weight is 1090 g/mol. The topological polar surface area (TPSA) is 211 Å². The van der Waals surface area contributed by atoms with E-state index in [-0.39, 0.29) is 64.0 Å². The first-order chi connectivity index (χ1) is 31.6. The van der Waals surface area contributed by atoms with E-state index in [9.17, 15) is 40.8 Å². The van der Waals surface area contributed by atoms with Crippen molar-refractivity contribution in [2.75, 3.05) is 29.6 Å². The standard InChI is InChI=1S/C19H19N2O2.2C15H18O6S.HI/c1-3-20-17-11-7-8-12-18(17)23-19(20)13-14-21(15(2)22)16-9-5-4-6-10-16;1-11(2)15(17)20-9-12(3)21-14(16)10-22(18,19)13-7-5-4-6-8-13;1-11(2)15(17)21-12(3)9-20-14(16)10-22(18,19)13-7-5-4-6-8-13;/h4-14H,3H2,1-2H3;2*4-8,12H,1,9-10H2,2-3H3;1H/q+1;;;/p-1. The molecule has 4 aromatic carbocycles. The molecule has 1 aromatic heterocycles. The van der Waals surface area contributed by atoms with Crippen molar-refractivity contribution in [3.63, 3.8) is 0 Å². The number of anilines is 1. The normalized spacial score (nSPS) is 11.7. The highest BCUT2D eigenvalue weighted by Gasteiger charge is 2.24. The fourth-order valence-electron chi connectivity index (χ4n) is 5.51. The van der Waals surface area contributed by atoms with E-state index in [1.54, 1.807) is 54.4 Å². The molecule has 0 aliphatic heterocycles. The molecule has 1 heterocycles. The Balaban J connectivity index is 0.000000348. The lowest BCUT2D eigenvalue weighted by atomic mass is 10.3. The quantitative estimate of drug-likeness (QED) is 0.0402. The van der Waals surface area contributed by atoms with Crippen LogP contribution < -0.4 is 33.4 Å². The van der Waals surface area contributed by atoms with Crippen molar-refractivity contribution in [3.8, 4) is 0 Å². The molecule has 5 rings (SSSR count). The van der Waals surface area contributed by atoms with Gasteiger partial charge in [0.05, 0.1) is 15.9 Å². The van der Waals surface area contributed by atoms with Crippen LogP contribution in [0.15, 0.2) is 160 Å². The summed E-state index contributed by atoms with van der Waals surface area (Å²) in [6.45, 7) is 16.9. The molecule has 0 bridgehead atoms. The number of rotatable bonds is 18. The second kappa shape index (κ2) is 28.0. The van der Waals surface area contributed by atoms with Crippen molar-refractivity contribution in [2.45, 2.75) is 70.1 Å². The van der Waals surface area contributed by atoms with Crippen molar-refractivity contribution in [2.24, 2.45) is 0 Å². The minimum Gasteiger partial charge on any atom is -1.00 e. The maximum absolute atomic E-state index is 12.0. The molecule has 0 spiro atoms. The molecule has 0 saturated carbocycles. The van der Waals surface area contributed by atoms with E-state index in [0.29, 0.717) is 0 Å². The average Bonchev–Trinajstić information content (AvgIpc) is 3.65. The lowest BCUT2D eigenvalue weighted by molar-refractivity contribution is -0.674. The predicted molar refractivity (Wildman–Crippen MR) is 250 cm³/mol. The Morgan fingerprint density at radius 3 is 1.60 bits per heavy atom. The minimum atomic E-state index is -3.75. The summed E-state index contributed by atoms with van der Waals surface area (Å²) in [7, 11) is -7.49. The SMILES string of the molecule is C=C(C)C(=O)OC(C)COC(=O)CS(=O)(=O)c1ccccc1.C=C(C)C(=O)OCC(C)OC(=O)CS(=O)(=O)c1ccccc1.CC[n+]1c(/C=C/N(C(C)=O)c2ccccc2)oc2ccccc21.[I-]. The summed E-state index contributed by atoms with van der Waals surface area (Å²) in [6, 6.07) is 32.7. The van der Waals surface area contributed by atoms with Gasteiger partial charge in [-0.15, -0.1) is 0 Å². The van der Waals surface area contributed by atoms with E-state index in [1.165, 1.54) is 52.0 Å². The lowest BCUT2D eigenvalue weighted by Crippen LogP contribution is -3.00. The van der Waals surface area contributed by atoms with Gasteiger partial charge in [0.25, 0.3) is 5.52 Å². The van der Waals surface area contributed by atoms with Crippen molar-refractivity contribution < 1.29 is 92.7 Å². The molecule has 2 atom stereocenters. The molecule has 5 aromatic rings. The number of benzene rings is 4. The van der Waals surface area contributed by atoms with Gasteiger partial charge in [0.2, 0.25) is 11.5 Å². The Morgan fingerprint density at radius 2 is 1.10 bits per heavy atom. The molecule has 0 radical (unpaired) electrons. The first-order valence-corrected chi connectivity index (χ1v) is 24.0. The highest BCUT2D eigenvalue weighted by atomic mass is 127. The second-order valence-electron chi connectivity index (χ2n) is 14.7. The van der Waals surface area contributed by atoms with Crippen molar-refractivity contribution in [1.82, 2.24) is 0 Å². The molecule has 364 valence electrons. The number of oxazole rings is 1. The van der Waals surface area contributed by atoms with Crippen LogP contribution in [0.3, 0.4) is 0 Å². The van der Waals surface area contributed by atoms with Crippen LogP contribution in [0.2, 0.25) is 0 Å². The maximum atomic E-state index is 12.0. The molecular formula is C49H55IN2O14S2. The summed E-state index contributed by atoms with van der Waals surface area (Å²) in [5.74, 6) is -3.86. The number of carbonyl (C=O) groups is 5. The third kappa shape index (κ3) is 19.0. The van der Waals surface area contributed by atoms with Crippen LogP contribution >= 0.6 is 0 Å². The highest BCUT2D eigenvalue weighted by Crippen LogP contribution is 2.18. The summed E-state index contributed by atoms with van der Waals surface area (Å²) in [5.41, 5.74) is 3.16. The van der Waals surface area contributed by atoms with Gasteiger partial charge < -0.3 is 47.3 Å². The monoisotopic (exact) mass is 1090 g/mol. The second-order valence-corrected chi connectivity index (χ2v) is 18.7. The first-order valence-electron chi connectivity index (χ1n) is 20.7. The number of aromatic nitrogens is 1. The number of aryl methyl sites for hydroxylation is 1. The van der Waals surface area contributed by atoms with E-state index >= 15 is 0 Å². The highest BCUT2D eigenvalue weighted by molar-refractivity contribution is 7.92. The van der Waals surface area contributed by atoms with Gasteiger partial charge >= 0.3 is 29.8 Å². The Morgan fingerprint density at radius 1 is 0.647 bits per heavy atom. The molecule has 2 unspecified atom stereocenters. The number of fused-ring (bicyclic) bond motifs is 1. The number of hydrogen-bond acceptors (Lipinski definition) is 14. The molecule has 16 nitrogen and oxygen atoms in total. The van der Waals surface area contributed by atoms with Gasteiger partial charge in [-0.25, -0.2) is 26.4 Å². The van der Waals surface area contributed by atoms with Crippen molar-refractivity contribution in [1.29, 1.82) is 0 Å². The molecule has 19 heteroatoms. The van der Waals surface area contributed by atoms with Crippen molar-refractivity contribution >= 4 is 72.3 Å². The number of hydrogen-bond donors (Lipinski definition) is 0. The molecule has 0 aliphatic carbocycles. The number of para-hydroxylation sites is 3. The summed E-state index contributed by atoms with van der Waals surface area (Å²) in [4.78, 5) is 59.3. The van der Waals surface area contributed by atoms with Crippen LogP contribution in [0.25, 0.3) is 17.2 Å². The summed E-state index contributed by atoms with van der Waals surface area (Å²) < 4.78 is 75.3. The van der Waals surface area contributed by atoms with Gasteiger partial charge in [0.15, 0.2) is 31.2 Å². The number of nitrogens with zero attached hydrogens (tertiary/aromatic N) is 2. The smallest absolute Gasteiger partial charge is 0.375 e. The Hall–Kier alpha value is -6.45. The molecule has 0 N–H and O–H groups in total. The number of amides is 1. The first kappa shape index (κ1) is 57.7. The molecular weight excluding hydrogens is 1030 g/mol. The van der Waals surface area contributed by atoms with Gasteiger partial charge in [-0.3, -0.25) is 19.3 Å². The largest absolute Gasteiger partial charge is 1.00 e. The molecule has 68 heavy (non-hydrogen) atoms. The van der Waals surface area contributed by atoms with Crippen LogP contribution in [-0.2, 0) is 69.1 Å². The number of esters is 4. The van der Waals surface area contributed by atoms with Crippen molar-refractivity contribution in [3.05, 3.63) is 152 Å². The number of sulfone groups is 2. The van der Waals surface area contributed by atoms with Gasteiger partial charge in [-0.05, 0) is 77.1 Å². The van der Waals surface area contributed by atoms with E-state index < -0.39 is 67.3 Å². The predicted octanol–water partition coefficient (Wildman–Crippen LogP) is 3.79. The fraction of sp³-hybridized carbons (Fsp3) is 0.265. The zero-order valence-electron chi connectivity index (χ0n) is 38.5. The number of halogens is 1. The van der Waals surface area contributed by atoms with Crippen LogP contribution in [0.1, 0.15) is 47.4 Å². The zero-order chi connectivity index (χ0) is 49.7. The third-order valence-corrected chi connectivity index (χ3v) is 12.0. The molecule has 0 aliphatic rings. The van der Waals surface area contributed by atoms with E-state index in [0.717, 1.165) is 29.2 Å². The Bertz CT molecular complexity index is 2760. The Kier molecular flexibility index (Phi) is 23.8. The summed E-state index contributed by atoms with van der Waals surface area (Å²) >= 11 is 0. The van der Waals surface area contributed by atoms with Gasteiger partial charge in [-0.2, -0.15) is 4.57 Å². The molecule has 1 amide bonds. The van der Waals surface area contributed by atoms with Crippen LogP contribution in [0.5, 0.6) is 0 Å². The fourth-order valence-corrected chi connectivity index (χ4v) is 7.76. The van der Waals surface area contributed by atoms with Gasteiger partial charge in [0, 0.05) is 36.0 Å². The number of carbonyl (C=O) groups excluding carboxylic acids is 5. The summed E-state index contributed by atoms with van der Waals surface area (Å²) in [6.07, 6.45) is 2.15. The van der Waals surface area contributed by atoms with E-state index in [2.05, 4.69) is 24.6 Å². The van der Waals surface area contributed by atoms with Gasteiger partial charge in [0.1, 0.15) is 32.0 Å². The van der Waals surface area contributed by atoms with Crippen LogP contribution in [-0.4, -0.2) is 83.5 Å². The van der Waals surface area contributed by atoms with Crippen LogP contribution in [0.4, 0.5) is 5.69 Å². The zero-order valence-corrected chi connectivity index (χ0v) is 42.3. The van der Waals surface area contributed by atoms with Crippen LogP contribution in [0, 0.1) is 0 Å². The number of ether oxygens (including phenoxy) is 4. The third-order valence-electron chi connectivity index (χ3n) is 8.78. The van der Waals surface area contributed by atoms with E-state index in [4.69, 9.17) is 23.4 Å². The summed E-state index contributed by atoms with van der Waals surface area (Å²) in [5, 5.41) is 0. The van der Waals surface area contributed by atoms with E-state index in [1.807, 2.05) is 60.7 Å². The lowest BCUT2D eigenvalue weighted by Gasteiger charge is -2.15. The molecule has 0 fully saturated rings.